The first-order chi connectivity index (χ1) is 9.20. The van der Waals surface area contributed by atoms with Gasteiger partial charge in [0.15, 0.2) is 0 Å². The first-order valence-electron chi connectivity index (χ1n) is 7.12. The van der Waals surface area contributed by atoms with Gasteiger partial charge in [0, 0.05) is 32.7 Å². The lowest BCUT2D eigenvalue weighted by molar-refractivity contribution is -0.149. The van der Waals surface area contributed by atoms with Crippen LogP contribution in [0.2, 0.25) is 0 Å². The van der Waals surface area contributed by atoms with Gasteiger partial charge in [0.1, 0.15) is 0 Å². The van der Waals surface area contributed by atoms with Gasteiger partial charge in [0.2, 0.25) is 0 Å². The number of nitrogens with one attached hydrogen (secondary N) is 1. The van der Waals surface area contributed by atoms with Crippen molar-refractivity contribution in [1.29, 1.82) is 0 Å². The Balaban J connectivity index is 1.74. The molecule has 108 valence electrons. The van der Waals surface area contributed by atoms with Crippen LogP contribution in [-0.2, 0) is 9.53 Å². The molecule has 2 fully saturated rings. The van der Waals surface area contributed by atoms with Crippen LogP contribution in [0, 0.1) is 5.92 Å². The lowest BCUT2D eigenvalue weighted by Crippen LogP contribution is -2.43. The molecule has 1 N–H and O–H groups in total. The van der Waals surface area contributed by atoms with E-state index in [4.69, 9.17) is 4.74 Å². The molecule has 6 nitrogen and oxygen atoms in total. The predicted octanol–water partition coefficient (Wildman–Crippen LogP) is 0.287. The maximum Gasteiger partial charge on any atom is 0.317 e. The molecule has 1 unspecified atom stereocenters. The van der Waals surface area contributed by atoms with Crippen molar-refractivity contribution in [3.63, 3.8) is 0 Å². The summed E-state index contributed by atoms with van der Waals surface area (Å²) >= 11 is 0. The third-order valence-electron chi connectivity index (χ3n) is 3.76. The summed E-state index contributed by atoms with van der Waals surface area (Å²) in [4.78, 5) is 27.2. The number of hydrogen-bond acceptors (Lipinski definition) is 4. The summed E-state index contributed by atoms with van der Waals surface area (Å²) in [5.74, 6) is -0.0766. The zero-order valence-corrected chi connectivity index (χ0v) is 11.6. The van der Waals surface area contributed by atoms with Crippen molar-refractivity contribution >= 4 is 12.0 Å². The Labute approximate surface area is 114 Å². The molecule has 6 heteroatoms. The van der Waals surface area contributed by atoms with Gasteiger partial charge in [0.25, 0.3) is 0 Å². The maximum absolute atomic E-state index is 11.7. The Morgan fingerprint density at radius 2 is 2.26 bits per heavy atom. The average Bonchev–Trinajstić information content (AvgIpc) is 2.82. The lowest BCUT2D eigenvalue weighted by atomic mass is 9.98. The average molecular weight is 269 g/mol. The Bertz CT molecular complexity index is 335. The van der Waals surface area contributed by atoms with E-state index in [0.29, 0.717) is 6.61 Å². The quantitative estimate of drug-likeness (QED) is 0.729. The smallest absolute Gasteiger partial charge is 0.317 e. The van der Waals surface area contributed by atoms with Crippen LogP contribution >= 0.6 is 0 Å². The SMILES string of the molecule is CCOC(=O)C1CCCN(CCN2CCNC2=O)C1. The topological polar surface area (TPSA) is 61.9 Å². The summed E-state index contributed by atoms with van der Waals surface area (Å²) in [6.45, 7) is 7.15. The van der Waals surface area contributed by atoms with Crippen LogP contribution in [0.4, 0.5) is 4.79 Å². The van der Waals surface area contributed by atoms with Crippen molar-refractivity contribution in [2.24, 2.45) is 5.92 Å². The number of piperidine rings is 1. The van der Waals surface area contributed by atoms with E-state index in [-0.39, 0.29) is 17.9 Å². The van der Waals surface area contributed by atoms with E-state index in [9.17, 15) is 9.59 Å². The summed E-state index contributed by atoms with van der Waals surface area (Å²) in [6.07, 6.45) is 1.94. The molecule has 0 aromatic carbocycles. The highest BCUT2D eigenvalue weighted by Gasteiger charge is 2.27. The first-order valence-corrected chi connectivity index (χ1v) is 7.12. The molecule has 2 heterocycles. The summed E-state index contributed by atoms with van der Waals surface area (Å²) < 4.78 is 5.08. The van der Waals surface area contributed by atoms with Gasteiger partial charge in [-0.25, -0.2) is 4.79 Å². The summed E-state index contributed by atoms with van der Waals surface area (Å²) in [5.41, 5.74) is 0. The highest BCUT2D eigenvalue weighted by atomic mass is 16.5. The van der Waals surface area contributed by atoms with Gasteiger partial charge in [0.05, 0.1) is 12.5 Å². The largest absolute Gasteiger partial charge is 0.466 e. The molecule has 0 saturated carbocycles. The van der Waals surface area contributed by atoms with Gasteiger partial charge in [-0.1, -0.05) is 0 Å². The van der Waals surface area contributed by atoms with Crippen LogP contribution in [0.5, 0.6) is 0 Å². The minimum absolute atomic E-state index is 0.00102. The summed E-state index contributed by atoms with van der Waals surface area (Å²) in [6, 6.07) is 0.0268. The number of rotatable bonds is 5. The van der Waals surface area contributed by atoms with E-state index in [2.05, 4.69) is 10.2 Å². The highest BCUT2D eigenvalue weighted by molar-refractivity contribution is 5.76. The van der Waals surface area contributed by atoms with E-state index < -0.39 is 0 Å². The van der Waals surface area contributed by atoms with E-state index in [1.54, 1.807) is 0 Å². The molecule has 0 spiro atoms. The number of hydrogen-bond donors (Lipinski definition) is 1. The Hall–Kier alpha value is -1.30. The molecular weight excluding hydrogens is 246 g/mol. The van der Waals surface area contributed by atoms with Gasteiger partial charge >= 0.3 is 12.0 Å². The molecule has 19 heavy (non-hydrogen) atoms. The van der Waals surface area contributed by atoms with Crippen molar-refractivity contribution in [3.05, 3.63) is 0 Å². The molecule has 2 aliphatic rings. The minimum Gasteiger partial charge on any atom is -0.466 e. The second-order valence-corrected chi connectivity index (χ2v) is 5.11. The third kappa shape index (κ3) is 3.83. The summed E-state index contributed by atoms with van der Waals surface area (Å²) in [7, 11) is 0. The second kappa shape index (κ2) is 6.75. The van der Waals surface area contributed by atoms with Crippen LogP contribution < -0.4 is 5.32 Å². The number of carbonyl (C=O) groups is 2. The molecule has 0 bridgehead atoms. The Morgan fingerprint density at radius 1 is 1.42 bits per heavy atom. The van der Waals surface area contributed by atoms with Crippen LogP contribution in [0.1, 0.15) is 19.8 Å². The fourth-order valence-electron chi connectivity index (χ4n) is 2.70. The van der Waals surface area contributed by atoms with Crippen molar-refractivity contribution in [1.82, 2.24) is 15.1 Å². The number of esters is 1. The normalized spacial score (nSPS) is 24.4. The molecule has 2 saturated heterocycles. The van der Waals surface area contributed by atoms with Crippen molar-refractivity contribution in [2.75, 3.05) is 45.9 Å². The molecule has 2 rings (SSSR count). The molecule has 0 aliphatic carbocycles. The molecule has 1 atom stereocenters. The number of carbonyl (C=O) groups excluding carboxylic acids is 2. The Morgan fingerprint density at radius 3 is 2.95 bits per heavy atom. The number of ether oxygens (including phenoxy) is 1. The van der Waals surface area contributed by atoms with Gasteiger partial charge in [-0.2, -0.15) is 0 Å². The maximum atomic E-state index is 11.7. The second-order valence-electron chi connectivity index (χ2n) is 5.11. The van der Waals surface area contributed by atoms with Crippen LogP contribution in [-0.4, -0.2) is 67.7 Å². The molecule has 0 aromatic rings. The van der Waals surface area contributed by atoms with Crippen LogP contribution in [0.25, 0.3) is 0 Å². The Kier molecular flexibility index (Phi) is 5.01. The van der Waals surface area contributed by atoms with Gasteiger partial charge in [-0.15, -0.1) is 0 Å². The zero-order valence-electron chi connectivity index (χ0n) is 11.6. The van der Waals surface area contributed by atoms with Gasteiger partial charge in [-0.05, 0) is 26.3 Å². The molecular formula is C13H23N3O3. The molecule has 0 radical (unpaired) electrons. The van der Waals surface area contributed by atoms with Crippen LogP contribution in [0.15, 0.2) is 0 Å². The van der Waals surface area contributed by atoms with E-state index in [0.717, 1.165) is 52.1 Å². The number of likely N-dealkylation sites (tertiary alicyclic amines) is 1. The minimum atomic E-state index is -0.0777. The third-order valence-corrected chi connectivity index (χ3v) is 3.76. The van der Waals surface area contributed by atoms with Gasteiger partial charge < -0.3 is 19.9 Å². The monoisotopic (exact) mass is 269 g/mol. The highest BCUT2D eigenvalue weighted by Crippen LogP contribution is 2.17. The van der Waals surface area contributed by atoms with E-state index >= 15 is 0 Å². The van der Waals surface area contributed by atoms with Crippen LogP contribution in [0.3, 0.4) is 0 Å². The fourth-order valence-corrected chi connectivity index (χ4v) is 2.70. The summed E-state index contributed by atoms with van der Waals surface area (Å²) in [5, 5.41) is 2.80. The van der Waals surface area contributed by atoms with Crippen molar-refractivity contribution in [3.8, 4) is 0 Å². The van der Waals surface area contributed by atoms with E-state index in [1.807, 2.05) is 11.8 Å². The molecule has 0 aromatic heterocycles. The number of amides is 2. The van der Waals surface area contributed by atoms with Gasteiger partial charge in [-0.3, -0.25) is 4.79 Å². The van der Waals surface area contributed by atoms with Crippen molar-refractivity contribution < 1.29 is 14.3 Å². The lowest BCUT2D eigenvalue weighted by Gasteiger charge is -2.32. The fraction of sp³-hybridized carbons (Fsp3) is 0.846. The predicted molar refractivity (Wildman–Crippen MR) is 70.8 cm³/mol. The standard InChI is InChI=1S/C13H23N3O3/c1-2-19-12(17)11-4-3-6-15(10-11)8-9-16-7-5-14-13(16)18/h11H,2-10H2,1H3,(H,14,18). The number of nitrogens with zero attached hydrogens (tertiary/aromatic N) is 2. The first kappa shape index (κ1) is 14.1. The molecule has 2 aliphatic heterocycles. The van der Waals surface area contributed by atoms with Crippen molar-refractivity contribution in [2.45, 2.75) is 19.8 Å². The molecule has 2 amide bonds. The zero-order chi connectivity index (χ0) is 13.7. The van der Waals surface area contributed by atoms with E-state index in [1.165, 1.54) is 0 Å². The number of urea groups is 1.